The number of benzene rings is 3. The molecule has 4 rings (SSSR count). The maximum absolute atomic E-state index is 12.9. The van der Waals surface area contributed by atoms with E-state index in [0.717, 1.165) is 16.7 Å². The Kier molecular flexibility index (Phi) is 5.20. The van der Waals surface area contributed by atoms with E-state index in [9.17, 15) is 9.59 Å². The van der Waals surface area contributed by atoms with Gasteiger partial charge in [0.25, 0.3) is 5.56 Å². The fraction of sp³-hybridized carbons (Fsp3) is 0.125. The maximum atomic E-state index is 12.9. The molecule has 0 bridgehead atoms. The standard InChI is InChI=1S/C24H20N2O3/c1-17-9-5-6-12-19(17)16-29-24(28)22-20-13-7-8-14-21(20)23(27)26(25-22)15-18-10-3-2-4-11-18/h2-14H,15-16H2,1H3. The molecule has 144 valence electrons. The minimum absolute atomic E-state index is 0.143. The van der Waals surface area contributed by atoms with Gasteiger partial charge in [0, 0.05) is 5.39 Å². The van der Waals surface area contributed by atoms with Crippen LogP contribution in [0.3, 0.4) is 0 Å². The molecule has 0 spiro atoms. The number of esters is 1. The molecule has 5 heteroatoms. The van der Waals surface area contributed by atoms with Crippen molar-refractivity contribution >= 4 is 16.7 Å². The van der Waals surface area contributed by atoms with Crippen molar-refractivity contribution in [3.63, 3.8) is 0 Å². The van der Waals surface area contributed by atoms with Crippen LogP contribution < -0.4 is 5.56 Å². The van der Waals surface area contributed by atoms with Crippen LogP contribution in [-0.4, -0.2) is 15.7 Å². The molecule has 0 aliphatic heterocycles. The van der Waals surface area contributed by atoms with Gasteiger partial charge in [-0.1, -0.05) is 72.8 Å². The Bertz CT molecular complexity index is 1230. The molecule has 0 unspecified atom stereocenters. The second kappa shape index (κ2) is 8.10. The molecule has 0 aliphatic carbocycles. The Morgan fingerprint density at radius 2 is 1.55 bits per heavy atom. The fourth-order valence-corrected chi connectivity index (χ4v) is 3.23. The second-order valence-corrected chi connectivity index (χ2v) is 6.85. The summed E-state index contributed by atoms with van der Waals surface area (Å²) in [6.45, 7) is 2.40. The molecule has 0 saturated carbocycles. The number of ether oxygens (including phenoxy) is 1. The molecular formula is C24H20N2O3. The van der Waals surface area contributed by atoms with Gasteiger partial charge in [0.1, 0.15) is 6.61 Å². The van der Waals surface area contributed by atoms with E-state index in [-0.39, 0.29) is 24.4 Å². The first-order valence-corrected chi connectivity index (χ1v) is 9.39. The molecule has 0 aliphatic rings. The molecule has 5 nitrogen and oxygen atoms in total. The molecule has 0 atom stereocenters. The van der Waals surface area contributed by atoms with Crippen LogP contribution >= 0.6 is 0 Å². The third kappa shape index (κ3) is 3.94. The number of carbonyl (C=O) groups excluding carboxylic acids is 1. The van der Waals surface area contributed by atoms with E-state index in [1.807, 2.05) is 61.5 Å². The van der Waals surface area contributed by atoms with Gasteiger partial charge in [0.2, 0.25) is 0 Å². The van der Waals surface area contributed by atoms with Gasteiger partial charge in [-0.05, 0) is 29.7 Å². The van der Waals surface area contributed by atoms with Crippen molar-refractivity contribution in [1.82, 2.24) is 9.78 Å². The predicted molar refractivity (Wildman–Crippen MR) is 112 cm³/mol. The number of rotatable bonds is 5. The molecule has 0 N–H and O–H groups in total. The molecular weight excluding hydrogens is 364 g/mol. The highest BCUT2D eigenvalue weighted by atomic mass is 16.5. The molecule has 1 aromatic heterocycles. The van der Waals surface area contributed by atoms with Crippen molar-refractivity contribution in [1.29, 1.82) is 0 Å². The first kappa shape index (κ1) is 18.6. The van der Waals surface area contributed by atoms with Crippen LogP contribution in [0.4, 0.5) is 0 Å². The van der Waals surface area contributed by atoms with Crippen LogP contribution in [0.1, 0.15) is 27.2 Å². The van der Waals surface area contributed by atoms with Gasteiger partial charge in [-0.15, -0.1) is 0 Å². The van der Waals surface area contributed by atoms with Gasteiger partial charge >= 0.3 is 5.97 Å². The smallest absolute Gasteiger partial charge is 0.359 e. The van der Waals surface area contributed by atoms with E-state index in [1.54, 1.807) is 24.3 Å². The zero-order valence-corrected chi connectivity index (χ0v) is 16.0. The van der Waals surface area contributed by atoms with Crippen LogP contribution in [0.25, 0.3) is 10.8 Å². The van der Waals surface area contributed by atoms with Crippen molar-refractivity contribution in [2.24, 2.45) is 0 Å². The summed E-state index contributed by atoms with van der Waals surface area (Å²) < 4.78 is 6.85. The average molecular weight is 384 g/mol. The van der Waals surface area contributed by atoms with Crippen LogP contribution in [-0.2, 0) is 17.9 Å². The molecule has 29 heavy (non-hydrogen) atoms. The van der Waals surface area contributed by atoms with Gasteiger partial charge in [0.05, 0.1) is 11.9 Å². The van der Waals surface area contributed by atoms with E-state index in [0.29, 0.717) is 10.8 Å². The number of aromatic nitrogens is 2. The second-order valence-electron chi connectivity index (χ2n) is 6.85. The average Bonchev–Trinajstić information content (AvgIpc) is 2.76. The van der Waals surface area contributed by atoms with E-state index < -0.39 is 5.97 Å². The van der Waals surface area contributed by atoms with Crippen molar-refractivity contribution in [3.05, 3.63) is 112 Å². The van der Waals surface area contributed by atoms with Crippen LogP contribution in [0.5, 0.6) is 0 Å². The summed E-state index contributed by atoms with van der Waals surface area (Å²) in [6.07, 6.45) is 0. The number of nitrogens with zero attached hydrogens (tertiary/aromatic N) is 2. The Morgan fingerprint density at radius 1 is 0.897 bits per heavy atom. The topological polar surface area (TPSA) is 61.2 Å². The molecule has 0 amide bonds. The molecule has 1 heterocycles. The summed E-state index contributed by atoms with van der Waals surface area (Å²) in [5.41, 5.74) is 2.82. The Balaban J connectivity index is 1.71. The first-order valence-electron chi connectivity index (χ1n) is 9.39. The molecule has 4 aromatic rings. The number of fused-ring (bicyclic) bond motifs is 1. The normalized spacial score (nSPS) is 10.8. The molecule has 0 saturated heterocycles. The minimum atomic E-state index is -0.550. The summed E-state index contributed by atoms with van der Waals surface area (Å²) in [5.74, 6) is -0.550. The molecule has 0 radical (unpaired) electrons. The zero-order valence-electron chi connectivity index (χ0n) is 16.0. The Morgan fingerprint density at radius 3 is 2.31 bits per heavy atom. The fourth-order valence-electron chi connectivity index (χ4n) is 3.23. The Labute approximate surface area is 168 Å². The summed E-state index contributed by atoms with van der Waals surface area (Å²) in [4.78, 5) is 25.7. The van der Waals surface area contributed by atoms with Crippen LogP contribution in [0.15, 0.2) is 83.7 Å². The third-order valence-electron chi connectivity index (χ3n) is 4.86. The third-order valence-corrected chi connectivity index (χ3v) is 4.86. The van der Waals surface area contributed by atoms with E-state index >= 15 is 0 Å². The number of hydrogen-bond acceptors (Lipinski definition) is 4. The summed E-state index contributed by atoms with van der Waals surface area (Å²) in [6, 6.07) is 24.3. The summed E-state index contributed by atoms with van der Waals surface area (Å²) >= 11 is 0. The zero-order chi connectivity index (χ0) is 20.2. The SMILES string of the molecule is Cc1ccccc1COC(=O)c1nn(Cc2ccccc2)c(=O)c2ccccc12. The highest BCUT2D eigenvalue weighted by molar-refractivity contribution is 6.02. The van der Waals surface area contributed by atoms with E-state index in [1.165, 1.54) is 4.68 Å². The van der Waals surface area contributed by atoms with Crippen molar-refractivity contribution < 1.29 is 9.53 Å². The van der Waals surface area contributed by atoms with Crippen LogP contribution in [0, 0.1) is 6.92 Å². The lowest BCUT2D eigenvalue weighted by Crippen LogP contribution is -2.27. The van der Waals surface area contributed by atoms with Crippen molar-refractivity contribution in [2.75, 3.05) is 0 Å². The highest BCUT2D eigenvalue weighted by Crippen LogP contribution is 2.16. The number of aryl methyl sites for hydroxylation is 1. The van der Waals surface area contributed by atoms with Gasteiger partial charge in [-0.2, -0.15) is 5.10 Å². The lowest BCUT2D eigenvalue weighted by atomic mass is 10.1. The number of carbonyl (C=O) groups is 1. The van der Waals surface area contributed by atoms with Gasteiger partial charge in [-0.25, -0.2) is 9.48 Å². The lowest BCUT2D eigenvalue weighted by molar-refractivity contribution is 0.0465. The predicted octanol–water partition coefficient (Wildman–Crippen LogP) is 4.11. The summed E-state index contributed by atoms with van der Waals surface area (Å²) in [5, 5.41) is 5.30. The summed E-state index contributed by atoms with van der Waals surface area (Å²) in [7, 11) is 0. The largest absolute Gasteiger partial charge is 0.456 e. The lowest BCUT2D eigenvalue weighted by Gasteiger charge is -2.12. The van der Waals surface area contributed by atoms with Gasteiger partial charge < -0.3 is 4.74 Å². The quantitative estimate of drug-likeness (QED) is 0.486. The van der Waals surface area contributed by atoms with E-state index in [4.69, 9.17) is 4.74 Å². The maximum Gasteiger partial charge on any atom is 0.359 e. The van der Waals surface area contributed by atoms with Crippen LogP contribution in [0.2, 0.25) is 0 Å². The first-order chi connectivity index (χ1) is 14.1. The highest BCUT2D eigenvalue weighted by Gasteiger charge is 2.18. The van der Waals surface area contributed by atoms with Crippen molar-refractivity contribution in [3.8, 4) is 0 Å². The minimum Gasteiger partial charge on any atom is -0.456 e. The molecule has 3 aromatic carbocycles. The van der Waals surface area contributed by atoms with E-state index in [2.05, 4.69) is 5.10 Å². The van der Waals surface area contributed by atoms with Gasteiger partial charge in [0.15, 0.2) is 5.69 Å². The number of hydrogen-bond donors (Lipinski definition) is 0. The molecule has 0 fully saturated rings. The monoisotopic (exact) mass is 384 g/mol. The Hall–Kier alpha value is -3.73. The van der Waals surface area contributed by atoms with Crippen molar-refractivity contribution in [2.45, 2.75) is 20.1 Å². The van der Waals surface area contributed by atoms with Gasteiger partial charge in [-0.3, -0.25) is 4.79 Å².